The van der Waals surface area contributed by atoms with E-state index in [1.54, 1.807) is 6.07 Å². The van der Waals surface area contributed by atoms with Crippen molar-refractivity contribution in [3.8, 4) is 0 Å². The highest BCUT2D eigenvalue weighted by Crippen LogP contribution is 2.30. The van der Waals surface area contributed by atoms with E-state index in [0.29, 0.717) is 5.56 Å². The summed E-state index contributed by atoms with van der Waals surface area (Å²) < 4.78 is 13.5. The van der Waals surface area contributed by atoms with Gasteiger partial charge in [-0.3, -0.25) is 0 Å². The van der Waals surface area contributed by atoms with Crippen LogP contribution in [0.3, 0.4) is 0 Å². The highest BCUT2D eigenvalue weighted by Gasteiger charge is 2.23. The molecule has 1 N–H and O–H groups in total. The Hall–Kier alpha value is -1.67. The quantitative estimate of drug-likeness (QED) is 0.856. The van der Waals surface area contributed by atoms with Crippen LogP contribution in [0, 0.1) is 18.7 Å². The predicted molar refractivity (Wildman–Crippen MR) is 80.1 cm³/mol. The minimum Gasteiger partial charge on any atom is -0.306 e. The standard InChI is InChI=1S/C18H20FN/c1-13-11-16(9-10-17(13)19)18(20-12-14-7-8-14)15-5-3-2-4-6-15/h2-6,9-11,14,18,20H,7-8,12H2,1H3/t18-/m1/s1. The monoisotopic (exact) mass is 269 g/mol. The fraction of sp³-hybridized carbons (Fsp3) is 0.333. The number of halogens is 1. The van der Waals surface area contributed by atoms with Gasteiger partial charge in [0, 0.05) is 0 Å². The first-order valence-corrected chi connectivity index (χ1v) is 7.28. The number of hydrogen-bond donors (Lipinski definition) is 1. The molecule has 20 heavy (non-hydrogen) atoms. The molecule has 104 valence electrons. The molecule has 1 atom stereocenters. The molecule has 2 heteroatoms. The van der Waals surface area contributed by atoms with Crippen molar-refractivity contribution in [1.29, 1.82) is 0 Å². The minimum atomic E-state index is -0.136. The molecule has 0 saturated heterocycles. The molecular weight excluding hydrogens is 249 g/mol. The lowest BCUT2D eigenvalue weighted by Crippen LogP contribution is -2.24. The van der Waals surface area contributed by atoms with Gasteiger partial charge in [0.2, 0.25) is 0 Å². The Morgan fingerprint density at radius 1 is 1.10 bits per heavy atom. The Bertz CT molecular complexity index is 575. The third-order valence-electron chi connectivity index (χ3n) is 3.96. The molecule has 0 bridgehead atoms. The van der Waals surface area contributed by atoms with Crippen LogP contribution in [0.15, 0.2) is 48.5 Å². The van der Waals surface area contributed by atoms with Crippen LogP contribution in [-0.4, -0.2) is 6.54 Å². The second-order valence-electron chi connectivity index (χ2n) is 5.70. The van der Waals surface area contributed by atoms with Gasteiger partial charge in [0.1, 0.15) is 5.82 Å². The lowest BCUT2D eigenvalue weighted by molar-refractivity contribution is 0.569. The van der Waals surface area contributed by atoms with Crippen molar-refractivity contribution in [1.82, 2.24) is 5.32 Å². The molecule has 3 rings (SSSR count). The van der Waals surface area contributed by atoms with Crippen LogP contribution < -0.4 is 5.32 Å². The number of rotatable bonds is 5. The number of nitrogens with one attached hydrogen (secondary N) is 1. The zero-order valence-corrected chi connectivity index (χ0v) is 11.8. The van der Waals surface area contributed by atoms with Crippen molar-refractivity contribution in [2.45, 2.75) is 25.8 Å². The molecule has 1 aliphatic carbocycles. The van der Waals surface area contributed by atoms with Crippen LogP contribution in [0.1, 0.15) is 35.6 Å². The average molecular weight is 269 g/mol. The van der Waals surface area contributed by atoms with Crippen LogP contribution >= 0.6 is 0 Å². The Balaban J connectivity index is 1.88. The molecule has 0 spiro atoms. The van der Waals surface area contributed by atoms with Gasteiger partial charge in [-0.25, -0.2) is 4.39 Å². The highest BCUT2D eigenvalue weighted by molar-refractivity contribution is 5.34. The molecule has 1 nitrogen and oxygen atoms in total. The molecule has 0 aromatic heterocycles. The summed E-state index contributed by atoms with van der Waals surface area (Å²) in [4.78, 5) is 0. The maximum atomic E-state index is 13.5. The normalized spacial score (nSPS) is 16.1. The van der Waals surface area contributed by atoms with Gasteiger partial charge < -0.3 is 5.32 Å². The van der Waals surface area contributed by atoms with Crippen LogP contribution in [0.2, 0.25) is 0 Å². The molecule has 1 saturated carbocycles. The highest BCUT2D eigenvalue weighted by atomic mass is 19.1. The largest absolute Gasteiger partial charge is 0.306 e. The van der Waals surface area contributed by atoms with Gasteiger partial charge in [-0.2, -0.15) is 0 Å². The van der Waals surface area contributed by atoms with E-state index in [9.17, 15) is 4.39 Å². The lowest BCUT2D eigenvalue weighted by atomic mass is 9.97. The zero-order chi connectivity index (χ0) is 13.9. The van der Waals surface area contributed by atoms with E-state index >= 15 is 0 Å². The Morgan fingerprint density at radius 3 is 2.50 bits per heavy atom. The average Bonchev–Trinajstić information content (AvgIpc) is 3.28. The van der Waals surface area contributed by atoms with E-state index in [-0.39, 0.29) is 11.9 Å². The first-order chi connectivity index (χ1) is 9.74. The van der Waals surface area contributed by atoms with E-state index in [1.165, 1.54) is 18.4 Å². The summed E-state index contributed by atoms with van der Waals surface area (Å²) in [6, 6.07) is 15.9. The molecule has 0 radical (unpaired) electrons. The summed E-state index contributed by atoms with van der Waals surface area (Å²) in [7, 11) is 0. The van der Waals surface area contributed by atoms with E-state index in [0.717, 1.165) is 18.0 Å². The number of aryl methyl sites for hydroxylation is 1. The first kappa shape index (κ1) is 13.3. The Labute approximate surface area is 119 Å². The zero-order valence-electron chi connectivity index (χ0n) is 11.8. The number of hydrogen-bond acceptors (Lipinski definition) is 1. The molecule has 0 heterocycles. The first-order valence-electron chi connectivity index (χ1n) is 7.28. The van der Waals surface area contributed by atoms with E-state index in [2.05, 4.69) is 29.6 Å². The van der Waals surface area contributed by atoms with Crippen molar-refractivity contribution >= 4 is 0 Å². The molecular formula is C18H20FN. The smallest absolute Gasteiger partial charge is 0.126 e. The molecule has 0 amide bonds. The van der Waals surface area contributed by atoms with Crippen molar-refractivity contribution < 1.29 is 4.39 Å². The summed E-state index contributed by atoms with van der Waals surface area (Å²) in [6.07, 6.45) is 2.66. The summed E-state index contributed by atoms with van der Waals surface area (Å²) in [5.74, 6) is 0.686. The third-order valence-corrected chi connectivity index (χ3v) is 3.96. The topological polar surface area (TPSA) is 12.0 Å². The van der Waals surface area contributed by atoms with Crippen LogP contribution in [0.5, 0.6) is 0 Å². The van der Waals surface area contributed by atoms with Gasteiger partial charge in [-0.15, -0.1) is 0 Å². The molecule has 1 aliphatic rings. The van der Waals surface area contributed by atoms with Crippen molar-refractivity contribution in [2.75, 3.05) is 6.54 Å². The number of benzene rings is 2. The summed E-state index contributed by atoms with van der Waals surface area (Å²) in [5.41, 5.74) is 3.08. The van der Waals surface area contributed by atoms with Gasteiger partial charge in [0.25, 0.3) is 0 Å². The van der Waals surface area contributed by atoms with Gasteiger partial charge >= 0.3 is 0 Å². The summed E-state index contributed by atoms with van der Waals surface area (Å²) >= 11 is 0. The van der Waals surface area contributed by atoms with E-state index in [1.807, 2.05) is 25.1 Å². The predicted octanol–water partition coefficient (Wildman–Crippen LogP) is 4.22. The SMILES string of the molecule is Cc1cc([C@H](NCC2CC2)c2ccccc2)ccc1F. The van der Waals surface area contributed by atoms with Gasteiger partial charge in [-0.05, 0) is 55.0 Å². The minimum absolute atomic E-state index is 0.136. The van der Waals surface area contributed by atoms with Crippen LogP contribution in [-0.2, 0) is 0 Å². The van der Waals surface area contributed by atoms with Gasteiger partial charge in [-0.1, -0.05) is 42.5 Å². The maximum Gasteiger partial charge on any atom is 0.126 e. The second-order valence-corrected chi connectivity index (χ2v) is 5.70. The molecule has 2 aromatic carbocycles. The molecule has 0 aliphatic heterocycles. The fourth-order valence-electron chi connectivity index (χ4n) is 2.53. The van der Waals surface area contributed by atoms with Gasteiger partial charge in [0.05, 0.1) is 6.04 Å². The van der Waals surface area contributed by atoms with Crippen LogP contribution in [0.4, 0.5) is 4.39 Å². The Morgan fingerprint density at radius 2 is 1.85 bits per heavy atom. The van der Waals surface area contributed by atoms with Crippen molar-refractivity contribution in [2.24, 2.45) is 5.92 Å². The second kappa shape index (κ2) is 5.76. The fourth-order valence-corrected chi connectivity index (χ4v) is 2.53. The lowest BCUT2D eigenvalue weighted by Gasteiger charge is -2.20. The Kier molecular flexibility index (Phi) is 3.83. The maximum absolute atomic E-state index is 13.5. The molecule has 1 fully saturated rings. The van der Waals surface area contributed by atoms with E-state index in [4.69, 9.17) is 0 Å². The molecule has 0 unspecified atom stereocenters. The summed E-state index contributed by atoms with van der Waals surface area (Å²) in [5, 5.41) is 3.64. The summed E-state index contributed by atoms with van der Waals surface area (Å²) in [6.45, 7) is 2.86. The van der Waals surface area contributed by atoms with Crippen LogP contribution in [0.25, 0.3) is 0 Å². The van der Waals surface area contributed by atoms with Gasteiger partial charge in [0.15, 0.2) is 0 Å². The van der Waals surface area contributed by atoms with Crippen molar-refractivity contribution in [3.63, 3.8) is 0 Å². The molecule has 2 aromatic rings. The third kappa shape index (κ3) is 3.07. The van der Waals surface area contributed by atoms with Crippen molar-refractivity contribution in [3.05, 3.63) is 71.0 Å². The van der Waals surface area contributed by atoms with E-state index < -0.39 is 0 Å².